The van der Waals surface area contributed by atoms with E-state index >= 15 is 0 Å². The molecular weight excluding hydrogens is 246 g/mol. The van der Waals surface area contributed by atoms with Gasteiger partial charge in [-0.3, -0.25) is 4.99 Å². The minimum Gasteiger partial charge on any atom is -0.495 e. The Balaban J connectivity index is 4.90. The van der Waals surface area contributed by atoms with E-state index in [1.165, 1.54) is 0 Å². The number of nitrogens with zero attached hydrogens (tertiary/aromatic N) is 1. The first-order chi connectivity index (χ1) is 6.71. The minimum atomic E-state index is 0.516. The van der Waals surface area contributed by atoms with Gasteiger partial charge in [0.05, 0.1) is 14.2 Å². The number of hydrogen-bond donors (Lipinski definition) is 0. The molecule has 0 bridgehead atoms. The van der Waals surface area contributed by atoms with Crippen LogP contribution in [0.5, 0.6) is 0 Å². The Kier molecular flexibility index (Phi) is 7.20. The number of rotatable bonds is 4. The van der Waals surface area contributed by atoms with Crippen molar-refractivity contribution in [3.63, 3.8) is 0 Å². The van der Waals surface area contributed by atoms with Crippen LogP contribution in [0.2, 0.25) is 0 Å². The summed E-state index contributed by atoms with van der Waals surface area (Å²) in [5, 5.41) is 0. The van der Waals surface area contributed by atoms with E-state index in [2.05, 4.69) is 27.8 Å². The molecule has 0 radical (unpaired) electrons. The highest BCUT2D eigenvalue weighted by Crippen LogP contribution is 2.16. The maximum absolute atomic E-state index is 5.18. The number of ether oxygens (including phenoxy) is 2. The molecule has 0 N–H and O–H groups in total. The fourth-order valence-electron chi connectivity index (χ4n) is 0.840. The van der Waals surface area contributed by atoms with Gasteiger partial charge in [-0.05, 0) is 28.4 Å². The molecule has 0 rings (SSSR count). The van der Waals surface area contributed by atoms with Gasteiger partial charge >= 0.3 is 0 Å². The molecule has 0 aromatic carbocycles. The molecule has 0 aromatic rings. The SMILES string of the molecule is CC\C=C/C(OC)=C(Br)\C(=N\C)OC. The third-order valence-electron chi connectivity index (χ3n) is 1.53. The van der Waals surface area contributed by atoms with E-state index in [1.807, 2.05) is 12.2 Å². The average molecular weight is 262 g/mol. The van der Waals surface area contributed by atoms with E-state index in [0.29, 0.717) is 11.7 Å². The predicted octanol–water partition coefficient (Wildman–Crippen LogP) is 2.88. The molecule has 0 amide bonds. The van der Waals surface area contributed by atoms with E-state index in [9.17, 15) is 0 Å². The summed E-state index contributed by atoms with van der Waals surface area (Å²) in [6.07, 6.45) is 4.84. The summed E-state index contributed by atoms with van der Waals surface area (Å²) in [6.45, 7) is 2.06. The van der Waals surface area contributed by atoms with E-state index in [-0.39, 0.29) is 0 Å². The van der Waals surface area contributed by atoms with Gasteiger partial charge in [-0.25, -0.2) is 0 Å². The zero-order chi connectivity index (χ0) is 11.0. The lowest BCUT2D eigenvalue weighted by Crippen LogP contribution is -2.04. The van der Waals surface area contributed by atoms with Gasteiger partial charge in [0.15, 0.2) is 0 Å². The molecule has 0 atom stereocenters. The monoisotopic (exact) mass is 261 g/mol. The highest BCUT2D eigenvalue weighted by molar-refractivity contribution is 9.12. The van der Waals surface area contributed by atoms with Gasteiger partial charge in [-0.2, -0.15) is 0 Å². The summed E-state index contributed by atoms with van der Waals surface area (Å²) in [4.78, 5) is 3.96. The van der Waals surface area contributed by atoms with Gasteiger partial charge in [0.2, 0.25) is 5.90 Å². The molecule has 0 fully saturated rings. The molecule has 0 saturated carbocycles. The van der Waals surface area contributed by atoms with Gasteiger partial charge in [0.1, 0.15) is 10.2 Å². The van der Waals surface area contributed by atoms with Crippen LogP contribution in [0, 0.1) is 0 Å². The summed E-state index contributed by atoms with van der Waals surface area (Å²) in [7, 11) is 4.84. The van der Waals surface area contributed by atoms with Crippen LogP contribution in [0.4, 0.5) is 0 Å². The topological polar surface area (TPSA) is 30.8 Å². The lowest BCUT2D eigenvalue weighted by Gasteiger charge is -2.06. The maximum atomic E-state index is 5.18. The third-order valence-corrected chi connectivity index (χ3v) is 2.26. The highest BCUT2D eigenvalue weighted by atomic mass is 79.9. The summed E-state index contributed by atoms with van der Waals surface area (Å²) < 4.78 is 11.0. The highest BCUT2D eigenvalue weighted by Gasteiger charge is 2.08. The Morgan fingerprint density at radius 1 is 1.36 bits per heavy atom. The van der Waals surface area contributed by atoms with E-state index < -0.39 is 0 Å². The Hall–Kier alpha value is -0.770. The molecule has 3 nitrogen and oxygen atoms in total. The first-order valence-electron chi connectivity index (χ1n) is 4.32. The van der Waals surface area contributed by atoms with Crippen LogP contribution in [-0.2, 0) is 9.47 Å². The van der Waals surface area contributed by atoms with Crippen LogP contribution < -0.4 is 0 Å². The fraction of sp³-hybridized carbons (Fsp3) is 0.500. The zero-order valence-electron chi connectivity index (χ0n) is 9.00. The first-order valence-corrected chi connectivity index (χ1v) is 5.11. The lowest BCUT2D eigenvalue weighted by atomic mass is 10.3. The number of methoxy groups -OCH3 is 2. The quantitative estimate of drug-likeness (QED) is 0.337. The Labute approximate surface area is 93.6 Å². The van der Waals surface area contributed by atoms with Crippen LogP contribution >= 0.6 is 15.9 Å². The summed E-state index contributed by atoms with van der Waals surface area (Å²) in [5.41, 5.74) is 0. The van der Waals surface area contributed by atoms with Gasteiger partial charge in [-0.15, -0.1) is 0 Å². The standard InChI is InChI=1S/C10H16BrNO2/c1-5-6-7-8(13-3)9(11)10(12-2)14-4/h6-7H,5H2,1-4H3/b7-6-,9-8-,12-10-. The minimum absolute atomic E-state index is 0.516. The van der Waals surface area contributed by atoms with Crippen molar-refractivity contribution in [3.05, 3.63) is 22.4 Å². The summed E-state index contributed by atoms with van der Waals surface area (Å²) in [6, 6.07) is 0. The molecule has 0 aliphatic carbocycles. The van der Waals surface area contributed by atoms with Crippen LogP contribution in [0.25, 0.3) is 0 Å². The van der Waals surface area contributed by atoms with Crippen LogP contribution in [-0.4, -0.2) is 27.2 Å². The first kappa shape index (κ1) is 13.2. The molecule has 14 heavy (non-hydrogen) atoms. The van der Waals surface area contributed by atoms with Crippen LogP contribution in [0.1, 0.15) is 13.3 Å². The van der Waals surface area contributed by atoms with Crippen LogP contribution in [0.3, 0.4) is 0 Å². The van der Waals surface area contributed by atoms with Crippen molar-refractivity contribution in [2.75, 3.05) is 21.3 Å². The second kappa shape index (κ2) is 7.62. The van der Waals surface area contributed by atoms with E-state index in [0.717, 1.165) is 10.9 Å². The molecule has 80 valence electrons. The maximum Gasteiger partial charge on any atom is 0.226 e. The van der Waals surface area contributed by atoms with Crippen molar-refractivity contribution in [1.29, 1.82) is 0 Å². The molecular formula is C10H16BrNO2. The average Bonchev–Trinajstić information content (AvgIpc) is 2.21. The number of halogens is 1. The van der Waals surface area contributed by atoms with Gasteiger partial charge < -0.3 is 9.47 Å². The summed E-state index contributed by atoms with van der Waals surface area (Å²) in [5.74, 6) is 1.22. The molecule has 0 aliphatic heterocycles. The van der Waals surface area contributed by atoms with E-state index in [1.54, 1.807) is 21.3 Å². The van der Waals surface area contributed by atoms with Crippen molar-refractivity contribution >= 4 is 21.8 Å². The normalized spacial score (nSPS) is 14.2. The number of hydrogen-bond acceptors (Lipinski definition) is 3. The molecule has 0 unspecified atom stereocenters. The molecule has 0 spiro atoms. The van der Waals surface area contributed by atoms with E-state index in [4.69, 9.17) is 9.47 Å². The largest absolute Gasteiger partial charge is 0.495 e. The van der Waals surface area contributed by atoms with Gasteiger partial charge in [0, 0.05) is 7.05 Å². The van der Waals surface area contributed by atoms with Crippen molar-refractivity contribution in [1.82, 2.24) is 0 Å². The number of aliphatic imine (C=N–C) groups is 1. The summed E-state index contributed by atoms with van der Waals surface area (Å²) >= 11 is 3.37. The van der Waals surface area contributed by atoms with Crippen molar-refractivity contribution in [3.8, 4) is 0 Å². The van der Waals surface area contributed by atoms with Crippen LogP contribution in [0.15, 0.2) is 27.4 Å². The zero-order valence-corrected chi connectivity index (χ0v) is 10.6. The predicted molar refractivity (Wildman–Crippen MR) is 62.8 cm³/mol. The molecule has 4 heteroatoms. The van der Waals surface area contributed by atoms with Crippen molar-refractivity contribution < 1.29 is 9.47 Å². The molecule has 0 heterocycles. The smallest absolute Gasteiger partial charge is 0.226 e. The third kappa shape index (κ3) is 3.96. The molecule has 0 aliphatic rings. The Morgan fingerprint density at radius 3 is 2.36 bits per heavy atom. The van der Waals surface area contributed by atoms with Crippen molar-refractivity contribution in [2.24, 2.45) is 4.99 Å². The fourth-order valence-corrected chi connectivity index (χ4v) is 1.47. The van der Waals surface area contributed by atoms with Crippen molar-refractivity contribution in [2.45, 2.75) is 13.3 Å². The molecule has 0 aromatic heterocycles. The number of allylic oxidation sites excluding steroid dienone is 2. The Bertz CT molecular complexity index is 257. The van der Waals surface area contributed by atoms with Gasteiger partial charge in [0.25, 0.3) is 0 Å². The Morgan fingerprint density at radius 2 is 2.00 bits per heavy atom. The lowest BCUT2D eigenvalue weighted by molar-refractivity contribution is 0.304. The van der Waals surface area contributed by atoms with Gasteiger partial charge in [-0.1, -0.05) is 13.0 Å². The second-order valence-electron chi connectivity index (χ2n) is 2.43. The second-order valence-corrected chi connectivity index (χ2v) is 3.22. The molecule has 0 saturated heterocycles.